The Bertz CT molecular complexity index is 5440. The molecule has 12 aromatic rings. The summed E-state index contributed by atoms with van der Waals surface area (Å²) in [4.78, 5) is 45.9. The van der Waals surface area contributed by atoms with E-state index < -0.39 is 0 Å². The maximum Gasteiger partial charge on any atom is 0.0535 e. The van der Waals surface area contributed by atoms with Crippen LogP contribution in [0.25, 0.3) is 0 Å². The molecule has 0 aliphatic carbocycles. The van der Waals surface area contributed by atoms with Crippen LogP contribution in [-0.2, 0) is 106 Å². The molecule has 18 rings (SSSR count). The highest BCUT2D eigenvalue weighted by Gasteiger charge is 2.44. The molecule has 0 spiro atoms. The Kier molecular flexibility index (Phi) is 47.7. The van der Waals surface area contributed by atoms with Crippen molar-refractivity contribution in [3.63, 3.8) is 0 Å². The van der Waals surface area contributed by atoms with Gasteiger partial charge in [-0.1, -0.05) is 103 Å². The fourth-order valence-electron chi connectivity index (χ4n) is 22.2. The van der Waals surface area contributed by atoms with Crippen LogP contribution >= 0.6 is 45.3 Å². The largest absolute Gasteiger partial charge is 0.381 e. The molecule has 16 heterocycles. The zero-order valence-electron chi connectivity index (χ0n) is 90.5. The second-order valence-corrected chi connectivity index (χ2v) is 46.7. The Hall–Kier alpha value is -8.34. The lowest BCUT2D eigenvalue weighted by Crippen LogP contribution is -2.32. The van der Waals surface area contributed by atoms with Crippen LogP contribution in [-0.4, -0.2) is 217 Å². The van der Waals surface area contributed by atoms with Crippen LogP contribution in [0.2, 0.25) is 0 Å². The number of pyridine rings is 6. The number of rotatable bonds is 48. The van der Waals surface area contributed by atoms with E-state index in [1.807, 2.05) is 121 Å². The fourth-order valence-corrected chi connectivity index (χ4v) is 25.3. The lowest BCUT2D eigenvalue weighted by atomic mass is 9.82. The molecule has 788 valence electrons. The topological polar surface area (TPSA) is 152 Å². The molecule has 0 amide bonds. The standard InChI is InChI=1S/C22H32N2OS.C22H30N2O.C21H30N2OS.C21H28N2O.2C19H26N2OS/c1-5-25-16-22(9-8-21-12-17(2)14-26-21)10-11-24(15-22)13-20-7-6-18(3)23-19(20)4;1-3-25-18-22(11-10-20-8-6-19(2)7-9-20)12-14-24(17-22)16-21-5-4-13-23-15-21;1-4-24-16-21(8-7-20-11-17(2)14-25-20)9-10-23(15-21)13-19-6-5-18(3)22-12-19;1-2-24-18-21(11-10-19-7-4-3-5-8-19)12-14-23(17-21)16-20-9-6-13-22-15-20;1-2-22-16-19(8-7-18-6-4-12-23-18)9-11-21(15-19)14-17-5-3-10-20-13-17;1-2-22-16-19(7-5-17-6-11-23-14-17)8-10-21(15-19)13-18-4-3-9-20-12-18/h6-7,12,14H,5,8-11,13,15-16H2,1-4H3;4-9,13,15H,3,10-12,14,16-18H2,1-2H3;5-6,11-12,14H,4,7-10,13,15-16H2,1-3H3;3-9,13,15H,2,10-12,14,16-18H2,1H3;3-6,10,12-13H,2,7-9,11,14-16H2,1H3;3-4,6,9,11-12,14H,2,5,7-8,10,13,15-16H2,1H3/t2*22-;2*21-;2*19-/m111111/s1. The number of aromatic nitrogens is 6. The molecule has 6 aliphatic rings. The smallest absolute Gasteiger partial charge is 0.0535 e. The minimum absolute atomic E-state index is 0.281. The van der Waals surface area contributed by atoms with E-state index in [1.165, 1.54) is 183 Å². The van der Waals surface area contributed by atoms with Crippen molar-refractivity contribution in [2.75, 3.05) is 158 Å². The van der Waals surface area contributed by atoms with E-state index in [4.69, 9.17) is 28.4 Å². The molecule has 0 saturated carbocycles. The minimum atomic E-state index is 0.281. The summed E-state index contributed by atoms with van der Waals surface area (Å²) in [5.41, 5.74) is 21.4. The van der Waals surface area contributed by atoms with Crippen molar-refractivity contribution >= 4 is 45.3 Å². The molecule has 6 aliphatic heterocycles. The first-order valence-electron chi connectivity index (χ1n) is 54.6. The van der Waals surface area contributed by atoms with Crippen LogP contribution < -0.4 is 0 Å². The highest BCUT2D eigenvalue weighted by Crippen LogP contribution is 2.44. The quantitative estimate of drug-likeness (QED) is 0.0355. The van der Waals surface area contributed by atoms with Gasteiger partial charge in [-0.3, -0.25) is 59.3 Å². The molecule has 6 saturated heterocycles. The van der Waals surface area contributed by atoms with Gasteiger partial charge in [0.2, 0.25) is 0 Å². The number of hydrogen-bond donors (Lipinski definition) is 0. The number of ether oxygens (including phenoxy) is 6. The summed E-state index contributed by atoms with van der Waals surface area (Å²) >= 11 is 7.46. The van der Waals surface area contributed by atoms with Crippen molar-refractivity contribution in [1.29, 1.82) is 0 Å². The fraction of sp³-hybridized carbons (Fsp3) is 0.532. The lowest BCUT2D eigenvalue weighted by molar-refractivity contribution is 0.0489. The molecule has 0 unspecified atom stereocenters. The Morgan fingerprint density at radius 3 is 0.932 bits per heavy atom. The third-order valence-corrected chi connectivity index (χ3v) is 34.5. The summed E-state index contributed by atoms with van der Waals surface area (Å²) in [5, 5.41) is 11.1. The predicted molar refractivity (Wildman–Crippen MR) is 607 cm³/mol. The van der Waals surface area contributed by atoms with Gasteiger partial charge >= 0.3 is 0 Å². The lowest BCUT2D eigenvalue weighted by Gasteiger charge is -2.29. The average molecular weight is 2060 g/mol. The van der Waals surface area contributed by atoms with Gasteiger partial charge in [-0.25, -0.2) is 0 Å². The van der Waals surface area contributed by atoms with Gasteiger partial charge in [0.05, 0.1) is 39.6 Å². The SMILES string of the molecule is CCOC[C@]1(CCc2cc(C)cs2)CCN(Cc2ccc(C)nc2)C1.CCOC[C@]1(CCc2cc(C)cs2)CCN(Cc2ccc(C)nc2C)C1.CCOC[C@]1(CCc2ccc(C)cc2)CCN(Cc2cccnc2)C1.CCOC[C@]1(CCc2ccccc2)CCN(Cc2cccnc2)C1.CCOC[C@]1(CCc2cccs2)CCN(Cc2cccnc2)C1.CCOC[C@]1(CCc2ccsc2)CCN(Cc2cccnc2)C1. The van der Waals surface area contributed by atoms with Gasteiger partial charge in [-0.05, 0) is 387 Å². The van der Waals surface area contributed by atoms with Crippen molar-refractivity contribution in [3.8, 4) is 0 Å². The molecule has 6 atom stereocenters. The summed E-state index contributed by atoms with van der Waals surface area (Å²) in [6.45, 7) is 55.1. The molecular formula is C124H172N12O6S4. The van der Waals surface area contributed by atoms with Crippen LogP contribution in [0.4, 0.5) is 0 Å². The molecule has 2 aromatic carbocycles. The van der Waals surface area contributed by atoms with E-state index in [2.05, 4.69) is 296 Å². The highest BCUT2D eigenvalue weighted by atomic mass is 32.1. The molecule has 6 fully saturated rings. The summed E-state index contributed by atoms with van der Waals surface area (Å²) in [6.07, 6.45) is 38.9. The van der Waals surface area contributed by atoms with E-state index in [9.17, 15) is 0 Å². The first-order chi connectivity index (χ1) is 71.2. The summed E-state index contributed by atoms with van der Waals surface area (Å²) in [6, 6.07) is 56.6. The molecule has 0 N–H and O–H groups in total. The Morgan fingerprint density at radius 2 is 0.616 bits per heavy atom. The molecule has 0 bridgehead atoms. The second kappa shape index (κ2) is 60.6. The van der Waals surface area contributed by atoms with Crippen molar-refractivity contribution in [2.24, 2.45) is 32.5 Å². The van der Waals surface area contributed by atoms with E-state index in [0.717, 1.165) is 228 Å². The van der Waals surface area contributed by atoms with Crippen LogP contribution in [0, 0.1) is 74.0 Å². The first kappa shape index (κ1) is 115. The number of thiophene rings is 4. The van der Waals surface area contributed by atoms with Gasteiger partial charge in [0.15, 0.2) is 0 Å². The van der Waals surface area contributed by atoms with Crippen molar-refractivity contribution in [2.45, 2.75) is 238 Å². The van der Waals surface area contributed by atoms with Gasteiger partial charge in [0.25, 0.3) is 0 Å². The minimum Gasteiger partial charge on any atom is -0.381 e. The van der Waals surface area contributed by atoms with Gasteiger partial charge in [-0.15, -0.1) is 34.0 Å². The van der Waals surface area contributed by atoms with E-state index in [-0.39, 0.29) is 10.8 Å². The summed E-state index contributed by atoms with van der Waals surface area (Å²) in [7, 11) is 0. The van der Waals surface area contributed by atoms with E-state index in [1.54, 1.807) is 11.3 Å². The van der Waals surface area contributed by atoms with Crippen molar-refractivity contribution < 1.29 is 28.4 Å². The molecular weight excluding hydrogens is 1880 g/mol. The normalized spacial score (nSPS) is 21.2. The zero-order valence-corrected chi connectivity index (χ0v) is 93.8. The molecule has 146 heavy (non-hydrogen) atoms. The predicted octanol–water partition coefficient (Wildman–Crippen LogP) is 25.8. The Morgan fingerprint density at radius 1 is 0.281 bits per heavy atom. The number of benzene rings is 2. The number of likely N-dealkylation sites (tertiary alicyclic amines) is 6. The van der Waals surface area contributed by atoms with Gasteiger partial charge in [0.1, 0.15) is 0 Å². The van der Waals surface area contributed by atoms with Gasteiger partial charge in [0, 0.05) is 238 Å². The maximum atomic E-state index is 5.92. The van der Waals surface area contributed by atoms with E-state index >= 15 is 0 Å². The Labute approximate surface area is 893 Å². The second-order valence-electron chi connectivity index (χ2n) is 42.9. The number of aryl methyl sites for hydroxylation is 12. The third-order valence-electron chi connectivity index (χ3n) is 30.6. The van der Waals surface area contributed by atoms with Gasteiger partial charge < -0.3 is 28.4 Å². The Balaban J connectivity index is 0.000000147. The van der Waals surface area contributed by atoms with Crippen LogP contribution in [0.15, 0.2) is 240 Å². The average Bonchev–Trinajstić information content (AvgIpc) is 1.68. The summed E-state index contributed by atoms with van der Waals surface area (Å²) < 4.78 is 35.3. The van der Waals surface area contributed by atoms with E-state index in [0.29, 0.717) is 21.7 Å². The number of hydrogen-bond acceptors (Lipinski definition) is 22. The van der Waals surface area contributed by atoms with Crippen LogP contribution in [0.3, 0.4) is 0 Å². The van der Waals surface area contributed by atoms with Crippen molar-refractivity contribution in [1.82, 2.24) is 59.3 Å². The first-order valence-corrected chi connectivity index (χ1v) is 58.2. The zero-order chi connectivity index (χ0) is 102. The monoisotopic (exact) mass is 2050 g/mol. The molecule has 10 aromatic heterocycles. The summed E-state index contributed by atoms with van der Waals surface area (Å²) in [5.74, 6) is 0. The van der Waals surface area contributed by atoms with Crippen LogP contribution in [0.5, 0.6) is 0 Å². The molecule has 0 radical (unpaired) electrons. The molecule has 18 nitrogen and oxygen atoms in total. The third kappa shape index (κ3) is 38.5. The van der Waals surface area contributed by atoms with Crippen molar-refractivity contribution in [3.05, 3.63) is 339 Å². The molecule has 22 heteroatoms. The highest BCUT2D eigenvalue weighted by molar-refractivity contribution is 7.10. The number of nitrogens with zero attached hydrogens (tertiary/aromatic N) is 12. The van der Waals surface area contributed by atoms with Crippen LogP contribution in [0.1, 0.15) is 217 Å². The van der Waals surface area contributed by atoms with Gasteiger partial charge in [-0.2, -0.15) is 11.3 Å². The maximum absolute atomic E-state index is 5.92.